The minimum absolute atomic E-state index is 0.692. The van der Waals surface area contributed by atoms with Crippen LogP contribution in [0.25, 0.3) is 0 Å². The first-order valence-electron chi connectivity index (χ1n) is 5.93. The predicted molar refractivity (Wildman–Crippen MR) is 71.6 cm³/mol. The lowest BCUT2D eigenvalue weighted by atomic mass is 9.96. The number of nitrogens with one attached hydrogen (secondary N) is 2. The van der Waals surface area contributed by atoms with Crippen molar-refractivity contribution in [3.8, 4) is 0 Å². The summed E-state index contributed by atoms with van der Waals surface area (Å²) < 4.78 is 0.692. The molecule has 0 aliphatic heterocycles. The normalized spacial score (nSPS) is 13.5. The van der Waals surface area contributed by atoms with Crippen molar-refractivity contribution in [1.82, 2.24) is 15.0 Å². The molecule has 2 aromatic rings. The molecule has 0 aromatic carbocycles. The molecule has 17 heavy (non-hydrogen) atoms. The number of imidazole rings is 1. The number of hydrogen-bond acceptors (Lipinski definition) is 2. The number of fused-ring (bicyclic) bond motifs is 1. The van der Waals surface area contributed by atoms with Crippen molar-refractivity contribution < 1.29 is 0 Å². The van der Waals surface area contributed by atoms with Gasteiger partial charge in [-0.15, -0.1) is 0 Å². The lowest BCUT2D eigenvalue weighted by molar-refractivity contribution is 0.668. The number of hydrogen-bond donors (Lipinski definition) is 2. The van der Waals surface area contributed by atoms with Gasteiger partial charge in [-0.2, -0.15) is 0 Å². The quantitative estimate of drug-likeness (QED) is 0.701. The van der Waals surface area contributed by atoms with Crippen molar-refractivity contribution in [2.45, 2.75) is 32.6 Å². The number of rotatable bonds is 0. The van der Waals surface area contributed by atoms with E-state index in [1.807, 2.05) is 25.4 Å². The second-order valence-corrected chi connectivity index (χ2v) is 4.65. The molecule has 2 aromatic heterocycles. The standard InChI is InChI=1S/C9H11N.C4H6N2S/c1-2-6-9-8(4-1)5-3-7-10-9;1-3-2-5-4(7)6-3/h3,5,7H,1-2,4,6H2;2H,1H3,(H2,5,6,7). The van der Waals surface area contributed by atoms with Gasteiger partial charge in [-0.1, -0.05) is 6.07 Å². The largest absolute Gasteiger partial charge is 0.337 e. The maximum Gasteiger partial charge on any atom is 0.174 e. The van der Waals surface area contributed by atoms with Crippen molar-refractivity contribution in [3.05, 3.63) is 46.2 Å². The molecule has 2 N–H and O–H groups in total. The lowest BCUT2D eigenvalue weighted by Gasteiger charge is -2.12. The topological polar surface area (TPSA) is 44.5 Å². The van der Waals surface area contributed by atoms with E-state index in [1.165, 1.54) is 36.9 Å². The summed E-state index contributed by atoms with van der Waals surface area (Å²) in [7, 11) is 0. The van der Waals surface area contributed by atoms with Gasteiger partial charge in [0.2, 0.25) is 0 Å². The van der Waals surface area contributed by atoms with Crippen LogP contribution in [0.15, 0.2) is 24.5 Å². The minimum Gasteiger partial charge on any atom is -0.337 e. The highest BCUT2D eigenvalue weighted by molar-refractivity contribution is 7.71. The molecule has 1 aliphatic rings. The molecule has 3 rings (SSSR count). The Hall–Kier alpha value is -1.42. The number of nitrogens with zero attached hydrogens (tertiary/aromatic N) is 1. The van der Waals surface area contributed by atoms with Gasteiger partial charge in [0.25, 0.3) is 0 Å². The summed E-state index contributed by atoms with van der Waals surface area (Å²) in [5.41, 5.74) is 3.87. The van der Waals surface area contributed by atoms with Gasteiger partial charge in [0, 0.05) is 23.8 Å². The summed E-state index contributed by atoms with van der Waals surface area (Å²) in [5, 5.41) is 0. The van der Waals surface area contributed by atoms with Crippen LogP contribution in [0.3, 0.4) is 0 Å². The molecule has 0 unspecified atom stereocenters. The van der Waals surface area contributed by atoms with Crippen molar-refractivity contribution in [1.29, 1.82) is 0 Å². The predicted octanol–water partition coefficient (Wildman–Crippen LogP) is 3.34. The zero-order chi connectivity index (χ0) is 12.1. The maximum atomic E-state index is 4.72. The fraction of sp³-hybridized carbons (Fsp3) is 0.385. The fourth-order valence-electron chi connectivity index (χ4n) is 1.96. The van der Waals surface area contributed by atoms with Crippen molar-refractivity contribution >= 4 is 12.2 Å². The Morgan fingerprint density at radius 3 is 2.71 bits per heavy atom. The Morgan fingerprint density at radius 1 is 1.29 bits per heavy atom. The molecular weight excluding hydrogens is 230 g/mol. The number of aromatic amines is 2. The summed E-state index contributed by atoms with van der Waals surface area (Å²) >= 11 is 4.72. The average molecular weight is 247 g/mol. The minimum atomic E-state index is 0.692. The van der Waals surface area contributed by atoms with E-state index in [9.17, 15) is 0 Å². The molecule has 3 nitrogen and oxygen atoms in total. The Balaban J connectivity index is 0.000000136. The molecule has 90 valence electrons. The summed E-state index contributed by atoms with van der Waals surface area (Å²) in [5.74, 6) is 0. The molecule has 0 bridgehead atoms. The van der Waals surface area contributed by atoms with Crippen LogP contribution in [0.5, 0.6) is 0 Å². The first-order chi connectivity index (χ1) is 8.25. The molecule has 0 saturated heterocycles. The van der Waals surface area contributed by atoms with E-state index >= 15 is 0 Å². The van der Waals surface area contributed by atoms with E-state index < -0.39 is 0 Å². The number of H-pyrrole nitrogens is 2. The zero-order valence-electron chi connectivity index (χ0n) is 9.99. The van der Waals surface area contributed by atoms with Crippen LogP contribution in [0.2, 0.25) is 0 Å². The SMILES string of the molecule is Cc1c[nH]c(=S)[nH]1.c1cnc2c(c1)CCCC2. The van der Waals surface area contributed by atoms with E-state index in [0.29, 0.717) is 4.77 Å². The van der Waals surface area contributed by atoms with Crippen LogP contribution in [0.1, 0.15) is 29.8 Å². The van der Waals surface area contributed by atoms with Crippen molar-refractivity contribution in [3.63, 3.8) is 0 Å². The highest BCUT2D eigenvalue weighted by Gasteiger charge is 2.07. The molecule has 0 fully saturated rings. The van der Waals surface area contributed by atoms with Gasteiger partial charge < -0.3 is 9.97 Å². The third kappa shape index (κ3) is 3.53. The number of pyridine rings is 1. The summed E-state index contributed by atoms with van der Waals surface area (Å²) in [6.45, 7) is 1.95. The Morgan fingerprint density at radius 2 is 2.12 bits per heavy atom. The molecule has 1 aliphatic carbocycles. The van der Waals surface area contributed by atoms with Crippen LogP contribution >= 0.6 is 12.2 Å². The summed E-state index contributed by atoms with van der Waals surface area (Å²) in [6, 6.07) is 4.23. The molecule has 0 radical (unpaired) electrons. The molecule has 0 atom stereocenters. The first-order valence-corrected chi connectivity index (χ1v) is 6.33. The van der Waals surface area contributed by atoms with Crippen LogP contribution < -0.4 is 0 Å². The van der Waals surface area contributed by atoms with E-state index in [1.54, 1.807) is 0 Å². The smallest absolute Gasteiger partial charge is 0.174 e. The van der Waals surface area contributed by atoms with E-state index in [-0.39, 0.29) is 0 Å². The molecule has 0 saturated carbocycles. The van der Waals surface area contributed by atoms with Gasteiger partial charge in [0.05, 0.1) is 0 Å². The molecule has 0 amide bonds. The highest BCUT2D eigenvalue weighted by Crippen LogP contribution is 2.17. The number of aromatic nitrogens is 3. The Kier molecular flexibility index (Phi) is 4.09. The second kappa shape index (κ2) is 5.77. The third-order valence-electron chi connectivity index (χ3n) is 2.82. The van der Waals surface area contributed by atoms with E-state index in [2.05, 4.69) is 21.0 Å². The molecule has 0 spiro atoms. The summed E-state index contributed by atoms with van der Waals surface area (Å²) in [4.78, 5) is 10.0. The lowest BCUT2D eigenvalue weighted by Crippen LogP contribution is -2.03. The van der Waals surface area contributed by atoms with Crippen LogP contribution in [-0.4, -0.2) is 15.0 Å². The molecule has 2 heterocycles. The Labute approximate surface area is 106 Å². The third-order valence-corrected chi connectivity index (χ3v) is 3.04. The maximum absolute atomic E-state index is 4.72. The second-order valence-electron chi connectivity index (χ2n) is 4.24. The van der Waals surface area contributed by atoms with Crippen LogP contribution in [-0.2, 0) is 12.8 Å². The summed E-state index contributed by atoms with van der Waals surface area (Å²) in [6.07, 6.45) is 8.83. The molecule has 4 heteroatoms. The Bertz CT molecular complexity index is 502. The van der Waals surface area contributed by atoms with Crippen LogP contribution in [0.4, 0.5) is 0 Å². The zero-order valence-corrected chi connectivity index (χ0v) is 10.8. The monoisotopic (exact) mass is 247 g/mol. The van der Waals surface area contributed by atoms with E-state index in [0.717, 1.165) is 5.69 Å². The van der Waals surface area contributed by atoms with Gasteiger partial charge >= 0.3 is 0 Å². The first kappa shape index (κ1) is 12.0. The van der Waals surface area contributed by atoms with Gasteiger partial charge in [0.15, 0.2) is 4.77 Å². The van der Waals surface area contributed by atoms with E-state index in [4.69, 9.17) is 12.2 Å². The molecular formula is C13H17N3S. The number of aryl methyl sites for hydroxylation is 3. The van der Waals surface area contributed by atoms with Gasteiger partial charge in [-0.3, -0.25) is 4.98 Å². The fourth-order valence-corrected chi connectivity index (χ4v) is 2.18. The van der Waals surface area contributed by atoms with Crippen LogP contribution in [0, 0.1) is 11.7 Å². The van der Waals surface area contributed by atoms with Crippen molar-refractivity contribution in [2.75, 3.05) is 0 Å². The van der Waals surface area contributed by atoms with Gasteiger partial charge in [0.1, 0.15) is 0 Å². The highest BCUT2D eigenvalue weighted by atomic mass is 32.1. The van der Waals surface area contributed by atoms with Gasteiger partial charge in [-0.25, -0.2) is 0 Å². The van der Waals surface area contributed by atoms with Gasteiger partial charge in [-0.05, 0) is 56.5 Å². The average Bonchev–Trinajstić information content (AvgIpc) is 2.74. The van der Waals surface area contributed by atoms with Crippen molar-refractivity contribution in [2.24, 2.45) is 0 Å².